The first kappa shape index (κ1) is 27.7. The third-order valence-electron chi connectivity index (χ3n) is 6.25. The van der Waals surface area contributed by atoms with Crippen molar-refractivity contribution in [1.29, 1.82) is 5.41 Å². The molecular weight excluding hydrogens is 548 g/mol. The molecule has 2 aromatic heterocycles. The minimum atomic E-state index is -0.919. The van der Waals surface area contributed by atoms with Gasteiger partial charge < -0.3 is 20.8 Å². The highest BCUT2D eigenvalue weighted by atomic mass is 19.1. The van der Waals surface area contributed by atoms with Crippen LogP contribution in [0.15, 0.2) is 100 Å². The summed E-state index contributed by atoms with van der Waals surface area (Å²) in [5, 5.41) is 19.5. The third kappa shape index (κ3) is 5.56. The number of ether oxygens (including phenoxy) is 1. The molecule has 0 saturated carbocycles. The number of nitrogens with one attached hydrogen (secondary N) is 4. The number of allylic oxidation sites excluding steroid dienone is 3. The molecule has 4 N–H and O–H groups in total. The summed E-state index contributed by atoms with van der Waals surface area (Å²) in [6, 6.07) is 8.39. The maximum Gasteiger partial charge on any atom is 0.335 e. The average Bonchev–Trinajstić information content (AvgIpc) is 3.52. The highest BCUT2D eigenvalue weighted by Gasteiger charge is 2.20. The van der Waals surface area contributed by atoms with Crippen LogP contribution in [0, 0.1) is 17.0 Å². The van der Waals surface area contributed by atoms with Gasteiger partial charge in [-0.1, -0.05) is 0 Å². The number of aryl methyl sites for hydroxylation is 1. The van der Waals surface area contributed by atoms with E-state index in [0.717, 1.165) is 45.3 Å². The van der Waals surface area contributed by atoms with E-state index in [1.165, 1.54) is 30.3 Å². The lowest BCUT2D eigenvalue weighted by Gasteiger charge is -2.19. The first-order chi connectivity index (χ1) is 20.3. The zero-order valence-electron chi connectivity index (χ0n) is 22.0. The van der Waals surface area contributed by atoms with Crippen LogP contribution in [0.4, 0.5) is 14.5 Å². The Morgan fingerprint density at radius 2 is 1.95 bits per heavy atom. The van der Waals surface area contributed by atoms with Crippen molar-refractivity contribution < 1.29 is 18.3 Å². The molecule has 42 heavy (non-hydrogen) atoms. The van der Waals surface area contributed by atoms with Gasteiger partial charge in [0, 0.05) is 54.2 Å². The fourth-order valence-corrected chi connectivity index (χ4v) is 4.14. The lowest BCUT2D eigenvalue weighted by atomic mass is 10.1. The topological polar surface area (TPSA) is 147 Å². The molecule has 0 saturated heterocycles. The Bertz CT molecular complexity index is 1890. The summed E-state index contributed by atoms with van der Waals surface area (Å²) in [6.07, 6.45) is 10.2. The predicted molar refractivity (Wildman–Crippen MR) is 152 cm³/mol. The molecule has 3 heterocycles. The van der Waals surface area contributed by atoms with Crippen molar-refractivity contribution in [2.75, 3.05) is 5.32 Å². The predicted octanol–water partition coefficient (Wildman–Crippen LogP) is 3.71. The van der Waals surface area contributed by atoms with Gasteiger partial charge >= 0.3 is 5.69 Å². The van der Waals surface area contributed by atoms with Crippen molar-refractivity contribution in [3.05, 3.63) is 134 Å². The summed E-state index contributed by atoms with van der Waals surface area (Å²) in [5.74, 6) is -2.18. The minimum absolute atomic E-state index is 0.0248. The van der Waals surface area contributed by atoms with Crippen LogP contribution >= 0.6 is 0 Å². The highest BCUT2D eigenvalue weighted by Crippen LogP contribution is 2.28. The van der Waals surface area contributed by atoms with E-state index in [-0.39, 0.29) is 35.0 Å². The van der Waals surface area contributed by atoms with Gasteiger partial charge in [0.2, 0.25) is 0 Å². The minimum Gasteiger partial charge on any atom is -0.452 e. The lowest BCUT2D eigenvalue weighted by Crippen LogP contribution is -2.42. The fraction of sp³-hybridized carbons (Fsp3) is 0.0690. The zero-order chi connectivity index (χ0) is 29.8. The SMILES string of the molecule is CCn1cc(C(=O)Nc2ccc(OC3=CC(c4cn[nH]c4)=CN/C3=C\C=N)c(F)c2)c(=O)n(-c2ccc(F)cc2)c1=O. The molecule has 212 valence electrons. The van der Waals surface area contributed by atoms with Gasteiger partial charge in [-0.2, -0.15) is 5.10 Å². The quantitative estimate of drug-likeness (QED) is 0.237. The number of carbonyl (C=O) groups is 1. The van der Waals surface area contributed by atoms with E-state index in [1.807, 2.05) is 0 Å². The number of amides is 1. The second-order valence-corrected chi connectivity index (χ2v) is 8.92. The molecule has 1 aliphatic heterocycles. The van der Waals surface area contributed by atoms with Gasteiger partial charge in [0.1, 0.15) is 11.4 Å². The van der Waals surface area contributed by atoms with Gasteiger partial charge in [-0.05, 0) is 55.5 Å². The summed E-state index contributed by atoms with van der Waals surface area (Å²) < 4.78 is 36.3. The summed E-state index contributed by atoms with van der Waals surface area (Å²) in [5.41, 5.74) is -0.0162. The number of hydrogen-bond donors (Lipinski definition) is 4. The van der Waals surface area contributed by atoms with Gasteiger partial charge in [0.15, 0.2) is 17.3 Å². The Kier molecular flexibility index (Phi) is 7.73. The van der Waals surface area contributed by atoms with E-state index >= 15 is 4.39 Å². The van der Waals surface area contributed by atoms with Crippen molar-refractivity contribution in [2.24, 2.45) is 0 Å². The molecule has 0 fully saturated rings. The van der Waals surface area contributed by atoms with Crippen LogP contribution in [-0.2, 0) is 6.54 Å². The van der Waals surface area contributed by atoms with Crippen molar-refractivity contribution in [2.45, 2.75) is 13.5 Å². The summed E-state index contributed by atoms with van der Waals surface area (Å²) in [4.78, 5) is 39.1. The molecule has 5 rings (SSSR count). The fourth-order valence-electron chi connectivity index (χ4n) is 4.14. The average molecular weight is 572 g/mol. The van der Waals surface area contributed by atoms with Gasteiger partial charge in [-0.15, -0.1) is 0 Å². The van der Waals surface area contributed by atoms with E-state index in [2.05, 4.69) is 20.8 Å². The van der Waals surface area contributed by atoms with Gasteiger partial charge in [0.05, 0.1) is 17.6 Å². The van der Waals surface area contributed by atoms with Crippen LogP contribution in [-0.4, -0.2) is 31.5 Å². The highest BCUT2D eigenvalue weighted by molar-refractivity contribution is 6.03. The maximum atomic E-state index is 15.2. The molecule has 4 aromatic rings. The monoisotopic (exact) mass is 571 g/mol. The number of nitrogens with zero attached hydrogens (tertiary/aromatic N) is 3. The number of dihydropyridines is 1. The molecular formula is C29H23F2N7O4. The van der Waals surface area contributed by atoms with Gasteiger partial charge in [-0.3, -0.25) is 19.3 Å². The van der Waals surface area contributed by atoms with E-state index in [9.17, 15) is 18.8 Å². The second-order valence-electron chi connectivity index (χ2n) is 8.92. The zero-order valence-corrected chi connectivity index (χ0v) is 22.0. The number of aromatic amines is 1. The van der Waals surface area contributed by atoms with Gasteiger partial charge in [0.25, 0.3) is 11.5 Å². The normalized spacial score (nSPS) is 13.6. The first-order valence-electron chi connectivity index (χ1n) is 12.6. The number of hydrogen-bond acceptors (Lipinski definition) is 7. The molecule has 13 heteroatoms. The molecule has 0 radical (unpaired) electrons. The molecule has 1 amide bonds. The Morgan fingerprint density at radius 3 is 2.62 bits per heavy atom. The second kappa shape index (κ2) is 11.7. The number of aromatic nitrogens is 4. The smallest absolute Gasteiger partial charge is 0.335 e. The van der Waals surface area contributed by atoms with E-state index in [4.69, 9.17) is 10.1 Å². The van der Waals surface area contributed by atoms with E-state index < -0.39 is 28.8 Å². The number of halogens is 2. The summed E-state index contributed by atoms with van der Waals surface area (Å²) in [7, 11) is 0. The number of anilines is 1. The van der Waals surface area contributed by atoms with E-state index in [0.29, 0.717) is 11.3 Å². The van der Waals surface area contributed by atoms with Crippen molar-refractivity contribution >= 4 is 23.4 Å². The molecule has 0 spiro atoms. The molecule has 2 aromatic carbocycles. The Hall–Kier alpha value is -5.85. The lowest BCUT2D eigenvalue weighted by molar-refractivity contribution is 0.102. The number of H-pyrrole nitrogens is 1. The van der Waals surface area contributed by atoms with Gasteiger partial charge in [-0.25, -0.2) is 18.1 Å². The van der Waals surface area contributed by atoms with Crippen LogP contribution in [0.1, 0.15) is 22.8 Å². The van der Waals surface area contributed by atoms with Crippen molar-refractivity contribution in [3.63, 3.8) is 0 Å². The van der Waals surface area contributed by atoms with Crippen LogP contribution in [0.25, 0.3) is 11.3 Å². The first-order valence-corrected chi connectivity index (χ1v) is 12.6. The van der Waals surface area contributed by atoms with Crippen LogP contribution in [0.3, 0.4) is 0 Å². The Morgan fingerprint density at radius 1 is 1.17 bits per heavy atom. The van der Waals surface area contributed by atoms with Crippen LogP contribution in [0.5, 0.6) is 5.75 Å². The molecule has 0 aliphatic carbocycles. The molecule has 11 nitrogen and oxygen atoms in total. The number of benzene rings is 2. The van der Waals surface area contributed by atoms with Crippen molar-refractivity contribution in [1.82, 2.24) is 24.6 Å². The van der Waals surface area contributed by atoms with Crippen molar-refractivity contribution in [3.8, 4) is 11.4 Å². The largest absolute Gasteiger partial charge is 0.452 e. The molecule has 0 bridgehead atoms. The molecule has 0 atom stereocenters. The van der Waals surface area contributed by atoms with Crippen LogP contribution < -0.4 is 26.6 Å². The third-order valence-corrected chi connectivity index (χ3v) is 6.25. The summed E-state index contributed by atoms with van der Waals surface area (Å²) in [6.45, 7) is 1.81. The number of carbonyl (C=O) groups excluding carboxylic acids is 1. The Balaban J connectivity index is 1.41. The maximum absolute atomic E-state index is 15.2. The molecule has 0 unspecified atom stereocenters. The standard InChI is InChI=1S/C29H23F2N7O4/c1-2-37-16-22(28(40)38(29(37)41)21-6-3-19(30)4-7-21)27(39)36-20-5-8-25(23(31)12-20)42-26-11-17(18-14-34-35-15-18)13-33-24(26)9-10-32/h3-16,32-33H,2H2,1H3,(H,34,35)(H,36,39)/b24-9-,32-10?. The molecule has 1 aliphatic rings. The van der Waals surface area contributed by atoms with E-state index in [1.54, 1.807) is 31.6 Å². The number of rotatable bonds is 8. The Labute approximate surface area is 236 Å². The summed E-state index contributed by atoms with van der Waals surface area (Å²) >= 11 is 0. The van der Waals surface area contributed by atoms with Crippen LogP contribution in [0.2, 0.25) is 0 Å².